The summed E-state index contributed by atoms with van der Waals surface area (Å²) < 4.78 is 16.1. The number of aromatic nitrogens is 2. The van der Waals surface area contributed by atoms with E-state index in [1.165, 1.54) is 0 Å². The van der Waals surface area contributed by atoms with Crippen molar-refractivity contribution in [1.29, 1.82) is 0 Å². The second-order valence-corrected chi connectivity index (χ2v) is 6.75. The Kier molecular flexibility index (Phi) is 6.62. The number of alkyl halides is 1. The Morgan fingerprint density at radius 3 is 2.83 bits per heavy atom. The van der Waals surface area contributed by atoms with E-state index in [4.69, 9.17) is 25.8 Å². The van der Waals surface area contributed by atoms with E-state index in [0.29, 0.717) is 37.9 Å². The van der Waals surface area contributed by atoms with Crippen molar-refractivity contribution in [2.45, 2.75) is 39.2 Å². The minimum absolute atomic E-state index is 0.286. The summed E-state index contributed by atoms with van der Waals surface area (Å²) in [7, 11) is 0. The molecule has 2 rings (SSSR count). The molecule has 0 aliphatic carbocycles. The van der Waals surface area contributed by atoms with Gasteiger partial charge in [0.25, 0.3) is 0 Å². The molecule has 2 heterocycles. The zero-order chi connectivity index (χ0) is 17.6. The summed E-state index contributed by atoms with van der Waals surface area (Å²) in [5, 5.41) is 0. The van der Waals surface area contributed by atoms with E-state index in [2.05, 4.69) is 9.97 Å². The van der Waals surface area contributed by atoms with E-state index < -0.39 is 5.60 Å². The lowest BCUT2D eigenvalue weighted by Crippen LogP contribution is -2.40. The summed E-state index contributed by atoms with van der Waals surface area (Å²) in [5.74, 6) is 0.454. The number of rotatable bonds is 6. The third kappa shape index (κ3) is 5.49. The maximum absolute atomic E-state index is 12.3. The largest absolute Gasteiger partial charge is 0.461 e. The molecule has 8 heteroatoms. The highest BCUT2D eigenvalue weighted by Crippen LogP contribution is 2.27. The highest BCUT2D eigenvalue weighted by atomic mass is 35.5. The molecule has 7 nitrogen and oxygen atoms in total. The molecular weight excluding hydrogens is 334 g/mol. The molecule has 0 atom stereocenters. The number of anilines is 1. The normalized spacial score (nSPS) is 14.2. The van der Waals surface area contributed by atoms with Gasteiger partial charge in [-0.2, -0.15) is 4.98 Å². The Morgan fingerprint density at radius 1 is 1.33 bits per heavy atom. The van der Waals surface area contributed by atoms with Gasteiger partial charge in [0.2, 0.25) is 0 Å². The second kappa shape index (κ2) is 8.48. The van der Waals surface area contributed by atoms with Gasteiger partial charge in [-0.15, -0.1) is 11.6 Å². The molecule has 134 valence electrons. The fourth-order valence-corrected chi connectivity index (χ4v) is 2.36. The van der Waals surface area contributed by atoms with Crippen molar-refractivity contribution in [3.05, 3.63) is 11.9 Å². The molecule has 0 saturated carbocycles. The van der Waals surface area contributed by atoms with E-state index in [-0.39, 0.29) is 12.1 Å². The quantitative estimate of drug-likeness (QED) is 0.575. The highest BCUT2D eigenvalue weighted by Gasteiger charge is 2.28. The van der Waals surface area contributed by atoms with Crippen LogP contribution in [0.5, 0.6) is 6.01 Å². The number of halogens is 1. The van der Waals surface area contributed by atoms with Gasteiger partial charge in [0.1, 0.15) is 12.2 Å². The van der Waals surface area contributed by atoms with Crippen LogP contribution in [0.4, 0.5) is 10.5 Å². The molecule has 0 fully saturated rings. The molecule has 0 bridgehead atoms. The summed E-state index contributed by atoms with van der Waals surface area (Å²) in [6, 6.07) is 0.286. The predicted molar refractivity (Wildman–Crippen MR) is 91.0 cm³/mol. The summed E-state index contributed by atoms with van der Waals surface area (Å²) in [4.78, 5) is 22.5. The van der Waals surface area contributed by atoms with Gasteiger partial charge < -0.3 is 14.2 Å². The van der Waals surface area contributed by atoms with Gasteiger partial charge in [-0.25, -0.2) is 9.78 Å². The van der Waals surface area contributed by atoms with Crippen LogP contribution in [0.2, 0.25) is 0 Å². The first-order valence-electron chi connectivity index (χ1n) is 8.03. The SMILES string of the molecule is CC(C)(C)OC(=O)N1CCCc2nc(OCCOCCCl)ncc21. The summed E-state index contributed by atoms with van der Waals surface area (Å²) in [6.45, 7) is 7.39. The number of amides is 1. The minimum atomic E-state index is -0.540. The number of carbonyl (C=O) groups is 1. The fraction of sp³-hybridized carbons (Fsp3) is 0.688. The van der Waals surface area contributed by atoms with Gasteiger partial charge in [0.05, 0.1) is 30.8 Å². The topological polar surface area (TPSA) is 73.8 Å². The monoisotopic (exact) mass is 357 g/mol. The smallest absolute Gasteiger partial charge is 0.414 e. The number of hydrogen-bond acceptors (Lipinski definition) is 6. The molecule has 0 N–H and O–H groups in total. The minimum Gasteiger partial charge on any atom is -0.461 e. The van der Waals surface area contributed by atoms with E-state index >= 15 is 0 Å². The lowest BCUT2D eigenvalue weighted by molar-refractivity contribution is 0.0577. The molecular formula is C16H24ClN3O4. The van der Waals surface area contributed by atoms with Gasteiger partial charge in [-0.1, -0.05) is 0 Å². The van der Waals surface area contributed by atoms with Crippen molar-refractivity contribution < 1.29 is 19.0 Å². The van der Waals surface area contributed by atoms with Crippen LogP contribution in [-0.2, 0) is 15.9 Å². The van der Waals surface area contributed by atoms with Gasteiger partial charge in [0, 0.05) is 12.4 Å². The average molecular weight is 358 g/mol. The lowest BCUT2D eigenvalue weighted by Gasteiger charge is -2.30. The van der Waals surface area contributed by atoms with Crippen LogP contribution in [0.25, 0.3) is 0 Å². The van der Waals surface area contributed by atoms with Crippen LogP contribution in [0, 0.1) is 0 Å². The van der Waals surface area contributed by atoms with E-state index in [9.17, 15) is 4.79 Å². The number of nitrogens with zero attached hydrogens (tertiary/aromatic N) is 3. The van der Waals surface area contributed by atoms with E-state index in [0.717, 1.165) is 18.5 Å². The molecule has 1 aliphatic heterocycles. The third-order valence-electron chi connectivity index (χ3n) is 3.20. The Morgan fingerprint density at radius 2 is 2.12 bits per heavy atom. The zero-order valence-electron chi connectivity index (χ0n) is 14.4. The van der Waals surface area contributed by atoms with Crippen LogP contribution in [0.1, 0.15) is 32.9 Å². The van der Waals surface area contributed by atoms with Gasteiger partial charge in [-0.3, -0.25) is 4.90 Å². The number of aryl methyl sites for hydroxylation is 1. The van der Waals surface area contributed by atoms with Gasteiger partial charge in [-0.05, 0) is 33.6 Å². The van der Waals surface area contributed by atoms with Gasteiger partial charge in [0.15, 0.2) is 0 Å². The van der Waals surface area contributed by atoms with Crippen LogP contribution in [0.3, 0.4) is 0 Å². The second-order valence-electron chi connectivity index (χ2n) is 6.37. The molecule has 0 radical (unpaired) electrons. The standard InChI is InChI=1S/C16H24ClN3O4/c1-16(2,3)24-15(21)20-7-4-5-12-13(20)11-18-14(19-12)23-10-9-22-8-6-17/h11H,4-10H2,1-3H3. The van der Waals surface area contributed by atoms with E-state index in [1.54, 1.807) is 11.1 Å². The molecule has 0 saturated heterocycles. The molecule has 1 aliphatic rings. The molecule has 0 unspecified atom stereocenters. The summed E-state index contributed by atoms with van der Waals surface area (Å²) >= 11 is 5.52. The van der Waals surface area contributed by atoms with Crippen LogP contribution in [0.15, 0.2) is 6.20 Å². The molecule has 0 spiro atoms. The van der Waals surface area contributed by atoms with Crippen molar-refractivity contribution in [2.24, 2.45) is 0 Å². The Hall–Kier alpha value is -1.60. The Balaban J connectivity index is 2.00. The predicted octanol–water partition coefficient (Wildman–Crippen LogP) is 2.80. The van der Waals surface area contributed by atoms with Crippen molar-refractivity contribution in [3.8, 4) is 6.01 Å². The maximum atomic E-state index is 12.3. The van der Waals surface area contributed by atoms with Crippen LogP contribution in [-0.4, -0.2) is 53.9 Å². The van der Waals surface area contributed by atoms with Crippen molar-refractivity contribution in [1.82, 2.24) is 9.97 Å². The summed E-state index contributed by atoms with van der Waals surface area (Å²) in [6.07, 6.45) is 2.83. The van der Waals surface area contributed by atoms with E-state index in [1.807, 2.05) is 20.8 Å². The first-order valence-corrected chi connectivity index (χ1v) is 8.57. The number of ether oxygens (including phenoxy) is 3. The third-order valence-corrected chi connectivity index (χ3v) is 3.36. The fourth-order valence-electron chi connectivity index (χ4n) is 2.25. The van der Waals surface area contributed by atoms with Crippen LogP contribution < -0.4 is 9.64 Å². The number of carbonyl (C=O) groups excluding carboxylic acids is 1. The zero-order valence-corrected chi connectivity index (χ0v) is 15.1. The highest BCUT2D eigenvalue weighted by molar-refractivity contribution is 6.17. The van der Waals surface area contributed by atoms with Crippen molar-refractivity contribution >= 4 is 23.4 Å². The first-order chi connectivity index (χ1) is 11.4. The molecule has 1 aromatic rings. The summed E-state index contributed by atoms with van der Waals surface area (Å²) in [5.41, 5.74) is 0.932. The lowest BCUT2D eigenvalue weighted by atomic mass is 10.1. The average Bonchev–Trinajstić information content (AvgIpc) is 2.52. The van der Waals surface area contributed by atoms with Crippen molar-refractivity contribution in [2.75, 3.05) is 37.1 Å². The molecule has 1 aromatic heterocycles. The maximum Gasteiger partial charge on any atom is 0.414 e. The van der Waals surface area contributed by atoms with Crippen LogP contribution >= 0.6 is 11.6 Å². The first kappa shape index (κ1) is 18.7. The van der Waals surface area contributed by atoms with Gasteiger partial charge >= 0.3 is 12.1 Å². The molecule has 24 heavy (non-hydrogen) atoms. The Labute approximate surface area is 147 Å². The van der Waals surface area contributed by atoms with Crippen molar-refractivity contribution in [3.63, 3.8) is 0 Å². The Bertz CT molecular complexity index is 563. The number of fused-ring (bicyclic) bond motifs is 1. The number of hydrogen-bond donors (Lipinski definition) is 0. The molecule has 0 aromatic carbocycles. The molecule has 1 amide bonds.